The molecule has 0 aliphatic rings. The Kier molecular flexibility index (Phi) is 4.56. The van der Waals surface area contributed by atoms with Crippen molar-refractivity contribution in [2.75, 3.05) is 6.61 Å². The first-order valence-corrected chi connectivity index (χ1v) is 6.13. The van der Waals surface area contributed by atoms with Crippen LogP contribution in [0.2, 0.25) is 0 Å². The lowest BCUT2D eigenvalue weighted by Gasteiger charge is -2.11. The van der Waals surface area contributed by atoms with Gasteiger partial charge < -0.3 is 9.47 Å². The third kappa shape index (κ3) is 3.85. The van der Waals surface area contributed by atoms with Crippen LogP contribution in [-0.2, 0) is 11.4 Å². The third-order valence-corrected chi connectivity index (χ3v) is 2.63. The van der Waals surface area contributed by atoms with Gasteiger partial charge in [-0.1, -0.05) is 42.0 Å². The summed E-state index contributed by atoms with van der Waals surface area (Å²) in [7, 11) is 0. The third-order valence-electron chi connectivity index (χ3n) is 2.63. The predicted octanol–water partition coefficient (Wildman–Crippen LogP) is 3.15. The second-order valence-corrected chi connectivity index (χ2v) is 4.20. The van der Waals surface area contributed by atoms with Crippen LogP contribution < -0.4 is 9.47 Å². The Morgan fingerprint density at radius 3 is 2.42 bits per heavy atom. The zero-order valence-electron chi connectivity index (χ0n) is 10.8. The first-order chi connectivity index (χ1) is 9.29. The number of para-hydroxylation sites is 2. The first-order valence-electron chi connectivity index (χ1n) is 6.13. The summed E-state index contributed by atoms with van der Waals surface area (Å²) in [6.07, 6.45) is 0.720. The molecule has 0 bridgehead atoms. The molecule has 0 atom stereocenters. The maximum atomic E-state index is 10.3. The van der Waals surface area contributed by atoms with Crippen LogP contribution in [0.5, 0.6) is 11.5 Å². The minimum absolute atomic E-state index is 0.0326. The van der Waals surface area contributed by atoms with Gasteiger partial charge in [-0.05, 0) is 24.6 Å². The zero-order valence-corrected chi connectivity index (χ0v) is 10.8. The van der Waals surface area contributed by atoms with Gasteiger partial charge in [-0.3, -0.25) is 4.79 Å². The minimum Gasteiger partial charge on any atom is -0.485 e. The molecule has 2 aromatic rings. The molecule has 2 rings (SSSR count). The highest BCUT2D eigenvalue weighted by Crippen LogP contribution is 2.27. The molecule has 0 unspecified atom stereocenters. The number of aryl methyl sites for hydroxylation is 1. The molecular weight excluding hydrogens is 240 g/mol. The highest BCUT2D eigenvalue weighted by molar-refractivity contribution is 5.52. The topological polar surface area (TPSA) is 35.5 Å². The van der Waals surface area contributed by atoms with Gasteiger partial charge in [0.25, 0.3) is 0 Å². The van der Waals surface area contributed by atoms with E-state index < -0.39 is 0 Å². The fourth-order valence-electron chi connectivity index (χ4n) is 1.78. The van der Waals surface area contributed by atoms with Crippen LogP contribution in [0.25, 0.3) is 0 Å². The molecule has 0 N–H and O–H groups in total. The van der Waals surface area contributed by atoms with Gasteiger partial charge in [0, 0.05) is 0 Å². The summed E-state index contributed by atoms with van der Waals surface area (Å²) in [5.41, 5.74) is 2.30. The van der Waals surface area contributed by atoms with Gasteiger partial charge in [-0.15, -0.1) is 0 Å². The fourth-order valence-corrected chi connectivity index (χ4v) is 1.78. The number of ether oxygens (including phenoxy) is 2. The number of carbonyl (C=O) groups is 1. The van der Waals surface area contributed by atoms with Crippen molar-refractivity contribution in [2.24, 2.45) is 0 Å². The lowest BCUT2D eigenvalue weighted by Crippen LogP contribution is -2.01. The number of hydrogen-bond acceptors (Lipinski definition) is 3. The summed E-state index contributed by atoms with van der Waals surface area (Å²) in [5.74, 6) is 1.23. The smallest absolute Gasteiger partial charge is 0.161 e. The van der Waals surface area contributed by atoms with E-state index in [1.165, 1.54) is 5.56 Å². The van der Waals surface area contributed by atoms with E-state index in [4.69, 9.17) is 9.47 Å². The Bertz CT molecular complexity index is 549. The van der Waals surface area contributed by atoms with Crippen LogP contribution in [0.15, 0.2) is 48.5 Å². The number of benzene rings is 2. The van der Waals surface area contributed by atoms with E-state index in [-0.39, 0.29) is 6.61 Å². The normalized spacial score (nSPS) is 9.95. The average Bonchev–Trinajstić information content (AvgIpc) is 2.44. The summed E-state index contributed by atoms with van der Waals surface area (Å²) in [5, 5.41) is 0. The van der Waals surface area contributed by atoms with Gasteiger partial charge in [0.2, 0.25) is 0 Å². The molecule has 98 valence electrons. The number of hydrogen-bond donors (Lipinski definition) is 0. The summed E-state index contributed by atoms with van der Waals surface area (Å²) >= 11 is 0. The van der Waals surface area contributed by atoms with Crippen molar-refractivity contribution in [3.63, 3.8) is 0 Å². The summed E-state index contributed by atoms with van der Waals surface area (Å²) < 4.78 is 11.0. The Morgan fingerprint density at radius 2 is 1.74 bits per heavy atom. The molecular formula is C16H16O3. The number of rotatable bonds is 6. The van der Waals surface area contributed by atoms with Gasteiger partial charge in [0.1, 0.15) is 13.2 Å². The second-order valence-electron chi connectivity index (χ2n) is 4.20. The van der Waals surface area contributed by atoms with Crippen LogP contribution >= 0.6 is 0 Å². The van der Waals surface area contributed by atoms with Crippen molar-refractivity contribution < 1.29 is 14.3 Å². The standard InChI is InChI=1S/C16H16O3/c1-13-5-4-6-14(11-13)12-19-16-8-3-2-7-15(16)18-10-9-17/h2-9,11H,10,12H2,1H3. The van der Waals surface area contributed by atoms with Crippen LogP contribution in [0, 0.1) is 6.92 Å². The van der Waals surface area contributed by atoms with E-state index in [0.29, 0.717) is 18.1 Å². The van der Waals surface area contributed by atoms with Gasteiger partial charge >= 0.3 is 0 Å². The molecule has 0 aromatic heterocycles. The molecule has 19 heavy (non-hydrogen) atoms. The fraction of sp³-hybridized carbons (Fsp3) is 0.188. The number of aldehydes is 1. The van der Waals surface area contributed by atoms with Crippen LogP contribution in [0.4, 0.5) is 0 Å². The molecule has 0 aliphatic heterocycles. The van der Waals surface area contributed by atoms with Gasteiger partial charge in [-0.2, -0.15) is 0 Å². The second kappa shape index (κ2) is 6.59. The van der Waals surface area contributed by atoms with Crippen molar-refractivity contribution in [3.05, 3.63) is 59.7 Å². The first kappa shape index (κ1) is 13.1. The van der Waals surface area contributed by atoms with Crippen molar-refractivity contribution in [2.45, 2.75) is 13.5 Å². The molecule has 0 spiro atoms. The van der Waals surface area contributed by atoms with Crippen molar-refractivity contribution in [1.29, 1.82) is 0 Å². The van der Waals surface area contributed by atoms with E-state index in [0.717, 1.165) is 11.8 Å². The van der Waals surface area contributed by atoms with Crippen molar-refractivity contribution >= 4 is 6.29 Å². The Balaban J connectivity index is 2.04. The molecule has 0 heterocycles. The maximum Gasteiger partial charge on any atom is 0.161 e. The van der Waals surface area contributed by atoms with E-state index >= 15 is 0 Å². The molecule has 0 aliphatic carbocycles. The quantitative estimate of drug-likeness (QED) is 0.745. The maximum absolute atomic E-state index is 10.3. The van der Waals surface area contributed by atoms with Gasteiger partial charge in [0.05, 0.1) is 0 Å². The monoisotopic (exact) mass is 256 g/mol. The Labute approximate surface area is 112 Å². The highest BCUT2D eigenvalue weighted by atomic mass is 16.5. The van der Waals surface area contributed by atoms with E-state index in [1.807, 2.05) is 43.3 Å². The van der Waals surface area contributed by atoms with E-state index in [1.54, 1.807) is 6.07 Å². The van der Waals surface area contributed by atoms with E-state index in [9.17, 15) is 4.79 Å². The lowest BCUT2D eigenvalue weighted by atomic mass is 10.1. The largest absolute Gasteiger partial charge is 0.485 e. The van der Waals surface area contributed by atoms with Crippen LogP contribution in [-0.4, -0.2) is 12.9 Å². The Morgan fingerprint density at radius 1 is 1.00 bits per heavy atom. The molecule has 0 amide bonds. The molecule has 0 radical (unpaired) electrons. The average molecular weight is 256 g/mol. The molecule has 0 saturated heterocycles. The highest BCUT2D eigenvalue weighted by Gasteiger charge is 2.04. The number of carbonyl (C=O) groups excluding carboxylic acids is 1. The summed E-state index contributed by atoms with van der Waals surface area (Å²) in [6.45, 7) is 2.55. The molecule has 3 nitrogen and oxygen atoms in total. The van der Waals surface area contributed by atoms with Crippen LogP contribution in [0.3, 0.4) is 0 Å². The van der Waals surface area contributed by atoms with Crippen LogP contribution in [0.1, 0.15) is 11.1 Å². The van der Waals surface area contributed by atoms with E-state index in [2.05, 4.69) is 6.07 Å². The molecule has 2 aromatic carbocycles. The van der Waals surface area contributed by atoms with Crippen molar-refractivity contribution in [3.8, 4) is 11.5 Å². The Hall–Kier alpha value is -2.29. The molecule has 0 saturated carbocycles. The predicted molar refractivity (Wildman–Crippen MR) is 73.5 cm³/mol. The summed E-state index contributed by atoms with van der Waals surface area (Å²) in [6, 6.07) is 15.5. The lowest BCUT2D eigenvalue weighted by molar-refractivity contribution is -0.109. The van der Waals surface area contributed by atoms with Crippen molar-refractivity contribution in [1.82, 2.24) is 0 Å². The minimum atomic E-state index is 0.0326. The SMILES string of the molecule is Cc1cccc(COc2ccccc2OCC=O)c1. The van der Waals surface area contributed by atoms with Gasteiger partial charge in [-0.25, -0.2) is 0 Å². The molecule has 3 heteroatoms. The summed E-state index contributed by atoms with van der Waals surface area (Å²) in [4.78, 5) is 10.3. The zero-order chi connectivity index (χ0) is 13.5. The molecule has 0 fully saturated rings. The van der Waals surface area contributed by atoms with Gasteiger partial charge in [0.15, 0.2) is 17.8 Å².